The van der Waals surface area contributed by atoms with Crippen LogP contribution >= 0.6 is 0 Å². The van der Waals surface area contributed by atoms with Crippen LogP contribution in [0.2, 0.25) is 8.45 Å². The Balaban J connectivity index is 1.34. The zero-order chi connectivity index (χ0) is 40.8. The van der Waals surface area contributed by atoms with Gasteiger partial charge in [-0.2, -0.15) is 0 Å². The minimum atomic E-state index is -5.15. The number of anilines is 2. The number of halogens is 4. The normalized spacial score (nSPS) is 18.5. The standard InChI is InChI=1S/2C19H26F2NO.2C5H5.Ti/c2*1-19(2,12-6-9-14-7-4-3-5-8-14)18(23)22-17-11-10-15(20)13-16(17)21;2*1-2-4-5-3-1;/h2*10-11,14H,3-9,12H2,1-2H3,(H,22,23);2*1-5H;. The van der Waals surface area contributed by atoms with Crippen molar-refractivity contribution in [1.82, 2.24) is 0 Å². The first-order chi connectivity index (χ1) is 27.3. The van der Waals surface area contributed by atoms with Crippen LogP contribution in [0.5, 0.6) is 0 Å². The predicted molar refractivity (Wildman–Crippen MR) is 222 cm³/mol. The number of hydrogen-bond acceptors (Lipinski definition) is 2. The maximum absolute atomic E-state index is 17.4. The van der Waals surface area contributed by atoms with Gasteiger partial charge in [-0.05, 0) is 0 Å². The average Bonchev–Trinajstić information content (AvgIpc) is 3.94. The van der Waals surface area contributed by atoms with Gasteiger partial charge in [0.25, 0.3) is 0 Å². The van der Waals surface area contributed by atoms with E-state index in [-0.39, 0.29) is 19.1 Å². The third-order valence-electron chi connectivity index (χ3n) is 13.6. The number of nitrogens with one attached hydrogen (secondary N) is 2. The Kier molecular flexibility index (Phi) is 14.3. The Morgan fingerprint density at radius 1 is 0.579 bits per heavy atom. The summed E-state index contributed by atoms with van der Waals surface area (Å²) in [5.41, 5.74) is -2.11. The summed E-state index contributed by atoms with van der Waals surface area (Å²) in [6.45, 7) is 7.33. The third kappa shape index (κ3) is 9.64. The number of hydrogen-bond donors (Lipinski definition) is 2. The summed E-state index contributed by atoms with van der Waals surface area (Å²) in [5, 5.41) is 5.53. The summed E-state index contributed by atoms with van der Waals surface area (Å²) < 4.78 is 66.0. The van der Waals surface area contributed by atoms with Gasteiger partial charge in [-0.25, -0.2) is 0 Å². The van der Waals surface area contributed by atoms with Crippen LogP contribution in [0.15, 0.2) is 72.9 Å². The molecule has 4 nitrogen and oxygen atoms in total. The number of allylic oxidation sites excluding steroid dienone is 8. The summed E-state index contributed by atoms with van der Waals surface area (Å²) in [7, 11) is 0. The van der Waals surface area contributed by atoms with E-state index < -0.39 is 70.9 Å². The molecule has 0 spiro atoms. The van der Waals surface area contributed by atoms with Crippen molar-refractivity contribution in [3.63, 3.8) is 0 Å². The van der Waals surface area contributed by atoms with E-state index in [1.54, 1.807) is 48.6 Å². The molecule has 57 heavy (non-hydrogen) atoms. The Hall–Kier alpha value is -3.23. The molecule has 4 aliphatic carbocycles. The fraction of sp³-hybridized carbons (Fsp3) is 0.542. The first kappa shape index (κ1) is 43.4. The van der Waals surface area contributed by atoms with Gasteiger partial charge in [0.1, 0.15) is 0 Å². The second-order valence-electron chi connectivity index (χ2n) is 18.5. The van der Waals surface area contributed by atoms with Crippen LogP contribution in [0, 0.1) is 45.9 Å². The van der Waals surface area contributed by atoms with Crippen LogP contribution in [0.1, 0.15) is 130 Å². The number of carbonyl (C=O) groups excluding carboxylic acids is 2. The number of carbonyl (C=O) groups is 2. The molecule has 2 fully saturated rings. The van der Waals surface area contributed by atoms with Gasteiger partial charge in [0.15, 0.2) is 0 Å². The molecule has 0 unspecified atom stereocenters. The van der Waals surface area contributed by atoms with Gasteiger partial charge in [0.2, 0.25) is 0 Å². The van der Waals surface area contributed by atoms with Crippen molar-refractivity contribution in [1.29, 1.82) is 0 Å². The molecule has 6 rings (SSSR count). The minimum absolute atomic E-state index is 0.219. The van der Waals surface area contributed by atoms with Gasteiger partial charge in [0, 0.05) is 0 Å². The molecule has 0 bridgehead atoms. The Morgan fingerprint density at radius 2 is 0.930 bits per heavy atom. The van der Waals surface area contributed by atoms with Crippen LogP contribution in [0.25, 0.3) is 0 Å². The molecule has 2 saturated carbocycles. The summed E-state index contributed by atoms with van der Waals surface area (Å²) >= 11 is -5.15. The summed E-state index contributed by atoms with van der Waals surface area (Å²) in [4.78, 5) is 27.6. The van der Waals surface area contributed by atoms with Crippen LogP contribution in [-0.4, -0.2) is 11.8 Å². The molecule has 2 aromatic rings. The fourth-order valence-electron chi connectivity index (χ4n) is 9.97. The van der Waals surface area contributed by atoms with Gasteiger partial charge in [-0.1, -0.05) is 12.8 Å². The zero-order valence-corrected chi connectivity index (χ0v) is 35.9. The van der Waals surface area contributed by atoms with Crippen molar-refractivity contribution < 1.29 is 43.7 Å². The monoisotopic (exact) mass is 822 g/mol. The van der Waals surface area contributed by atoms with Crippen LogP contribution < -0.4 is 18.4 Å². The number of amides is 2. The molecule has 2 N–H and O–H groups in total. The van der Waals surface area contributed by atoms with Crippen LogP contribution in [0.3, 0.4) is 0 Å². The van der Waals surface area contributed by atoms with E-state index in [0.717, 1.165) is 37.8 Å². The molecule has 0 radical (unpaired) electrons. The van der Waals surface area contributed by atoms with Crippen molar-refractivity contribution in [2.75, 3.05) is 10.6 Å². The SMILES string of the molecule is CC(C)(CCCC1CCCCC1)C(=O)Nc1ccc(F)[c]([Ti]([c]2c(F)ccc(NC(=O)C(C)(C)CCCC3CCCCC3)c2F)([CH]2C=CC=C2)[CH]2C=CC=C2)c1F. The van der Waals surface area contributed by atoms with Crippen molar-refractivity contribution in [3.8, 4) is 0 Å². The second-order valence-corrected chi connectivity index (χ2v) is 24.9. The van der Waals surface area contributed by atoms with E-state index in [1.165, 1.54) is 76.3 Å². The summed E-state index contributed by atoms with van der Waals surface area (Å²) in [6, 6.07) is 4.62. The molecule has 2 amide bonds. The fourth-order valence-corrected chi connectivity index (χ4v) is 18.8. The van der Waals surface area contributed by atoms with E-state index in [1.807, 2.05) is 27.7 Å². The van der Waals surface area contributed by atoms with Crippen LogP contribution in [-0.2, 0) is 26.2 Å². The first-order valence-corrected chi connectivity index (χ1v) is 24.9. The molecule has 0 atom stereocenters. The first-order valence-electron chi connectivity index (χ1n) is 21.6. The molecule has 4 aliphatic rings. The van der Waals surface area contributed by atoms with Crippen LogP contribution in [0.4, 0.5) is 28.9 Å². The van der Waals surface area contributed by atoms with E-state index in [4.69, 9.17) is 0 Å². The Morgan fingerprint density at radius 3 is 1.28 bits per heavy atom. The zero-order valence-electron chi connectivity index (χ0n) is 34.4. The van der Waals surface area contributed by atoms with Crippen molar-refractivity contribution in [3.05, 3.63) is 96.1 Å². The van der Waals surface area contributed by atoms with E-state index >= 15 is 17.6 Å². The van der Waals surface area contributed by atoms with Crippen molar-refractivity contribution in [2.45, 2.75) is 139 Å². The molecule has 0 aromatic heterocycles. The van der Waals surface area contributed by atoms with Gasteiger partial charge in [0.05, 0.1) is 0 Å². The quantitative estimate of drug-likeness (QED) is 0.131. The van der Waals surface area contributed by atoms with E-state index in [2.05, 4.69) is 10.6 Å². The Bertz CT molecular complexity index is 1730. The molecular weight excluding hydrogens is 760 g/mol. The molecule has 0 aliphatic heterocycles. The molecule has 308 valence electrons. The average molecular weight is 823 g/mol. The van der Waals surface area contributed by atoms with Crippen molar-refractivity contribution in [2.24, 2.45) is 22.7 Å². The topological polar surface area (TPSA) is 58.2 Å². The molecule has 2 aromatic carbocycles. The molecule has 9 heteroatoms. The van der Waals surface area contributed by atoms with Gasteiger partial charge in [-0.15, -0.1) is 0 Å². The summed E-state index contributed by atoms with van der Waals surface area (Å²) in [5.74, 6) is -3.34. The van der Waals surface area contributed by atoms with E-state index in [9.17, 15) is 9.59 Å². The third-order valence-corrected chi connectivity index (χ3v) is 22.1. The predicted octanol–water partition coefficient (Wildman–Crippen LogP) is 12.6. The van der Waals surface area contributed by atoms with E-state index in [0.29, 0.717) is 24.7 Å². The summed E-state index contributed by atoms with van der Waals surface area (Å²) in [6.07, 6.45) is 31.4. The van der Waals surface area contributed by atoms with Gasteiger partial charge < -0.3 is 0 Å². The number of benzene rings is 2. The molecule has 0 saturated heterocycles. The Labute approximate surface area is 341 Å². The maximum atomic E-state index is 17.4. The number of rotatable bonds is 16. The molecular formula is C48H62F4N2O2Ti. The van der Waals surface area contributed by atoms with Gasteiger partial charge in [-0.3, -0.25) is 0 Å². The second kappa shape index (κ2) is 18.8. The van der Waals surface area contributed by atoms with Gasteiger partial charge >= 0.3 is 330 Å². The molecule has 0 heterocycles. The van der Waals surface area contributed by atoms with Crippen molar-refractivity contribution >= 4 is 30.9 Å².